The average molecular weight is 412 g/mol. The first kappa shape index (κ1) is 20.2. The highest BCUT2D eigenvalue weighted by Crippen LogP contribution is 2.54. The smallest absolute Gasteiger partial charge is 0.191 e. The highest BCUT2D eigenvalue weighted by Gasteiger charge is 2.54. The zero-order valence-corrected chi connectivity index (χ0v) is 16.9. The molecular formula is C21H19Cl2N5. The van der Waals surface area contributed by atoms with Gasteiger partial charge in [-0.1, -0.05) is 42.3 Å². The molecule has 0 saturated heterocycles. The van der Waals surface area contributed by atoms with Gasteiger partial charge in [-0.3, -0.25) is 4.90 Å². The van der Waals surface area contributed by atoms with Gasteiger partial charge < -0.3 is 5.73 Å². The van der Waals surface area contributed by atoms with E-state index in [2.05, 4.69) is 30.0 Å². The lowest BCUT2D eigenvalue weighted by atomic mass is 9.58. The van der Waals surface area contributed by atoms with E-state index in [-0.39, 0.29) is 17.2 Å². The number of rotatable bonds is 3. The normalized spacial score (nSPS) is 23.8. The summed E-state index contributed by atoms with van der Waals surface area (Å²) in [7, 11) is 0. The molecule has 0 unspecified atom stereocenters. The number of hydrogen-bond acceptors (Lipinski definition) is 5. The van der Waals surface area contributed by atoms with Crippen molar-refractivity contribution in [3.05, 3.63) is 56.7 Å². The summed E-state index contributed by atoms with van der Waals surface area (Å²) < 4.78 is 0. The standard InChI is InChI=1S/C21H19Cl2N5/c1-2-6-28-7-5-14-15(9-24)20(27)21(11-25,12-26)19(16(14)10-28)13-3-4-17(22)18(23)8-13/h3-5,8,16,19H,2,6-7,10,27H2,1H3/t16-,19-/m1/s1. The summed E-state index contributed by atoms with van der Waals surface area (Å²) in [5, 5.41) is 30.6. The van der Waals surface area contributed by atoms with Crippen molar-refractivity contribution in [1.29, 1.82) is 15.8 Å². The molecule has 0 amide bonds. The van der Waals surface area contributed by atoms with E-state index in [9.17, 15) is 15.8 Å². The Balaban J connectivity index is 2.28. The number of benzene rings is 1. The summed E-state index contributed by atoms with van der Waals surface area (Å²) in [6.45, 7) is 4.33. The van der Waals surface area contributed by atoms with Gasteiger partial charge in [-0.25, -0.2) is 0 Å². The minimum Gasteiger partial charge on any atom is -0.399 e. The Hall–Kier alpha value is -2.49. The quantitative estimate of drug-likeness (QED) is 0.805. The van der Waals surface area contributed by atoms with Crippen molar-refractivity contribution < 1.29 is 0 Å². The van der Waals surface area contributed by atoms with E-state index in [1.165, 1.54) is 0 Å². The van der Waals surface area contributed by atoms with Crippen molar-refractivity contribution in [2.45, 2.75) is 19.3 Å². The Morgan fingerprint density at radius 1 is 1.21 bits per heavy atom. The molecule has 2 N–H and O–H groups in total. The van der Waals surface area contributed by atoms with Crippen molar-refractivity contribution in [1.82, 2.24) is 4.90 Å². The van der Waals surface area contributed by atoms with Crippen molar-refractivity contribution in [3.63, 3.8) is 0 Å². The number of hydrogen-bond donors (Lipinski definition) is 1. The van der Waals surface area contributed by atoms with Gasteiger partial charge in [-0.05, 0) is 36.2 Å². The molecule has 2 aliphatic rings. The highest BCUT2D eigenvalue weighted by molar-refractivity contribution is 6.42. The van der Waals surface area contributed by atoms with E-state index in [0.717, 1.165) is 18.5 Å². The van der Waals surface area contributed by atoms with E-state index < -0.39 is 11.3 Å². The average Bonchev–Trinajstić information content (AvgIpc) is 2.70. The van der Waals surface area contributed by atoms with Crippen LogP contribution >= 0.6 is 23.2 Å². The Morgan fingerprint density at radius 2 is 1.93 bits per heavy atom. The van der Waals surface area contributed by atoms with Gasteiger partial charge in [0.05, 0.1) is 33.5 Å². The van der Waals surface area contributed by atoms with Crippen molar-refractivity contribution >= 4 is 23.2 Å². The molecule has 0 saturated carbocycles. The summed E-state index contributed by atoms with van der Waals surface area (Å²) in [4.78, 5) is 2.26. The van der Waals surface area contributed by atoms with Crippen LogP contribution in [0, 0.1) is 45.3 Å². The molecule has 1 aromatic carbocycles. The molecule has 2 atom stereocenters. The Morgan fingerprint density at radius 3 is 2.50 bits per heavy atom. The molecule has 1 heterocycles. The third-order valence-electron chi connectivity index (χ3n) is 5.58. The number of nitrogens with zero attached hydrogens (tertiary/aromatic N) is 4. The number of fused-ring (bicyclic) bond motifs is 1. The molecule has 142 valence electrons. The molecule has 0 spiro atoms. The van der Waals surface area contributed by atoms with Crippen LogP contribution < -0.4 is 5.73 Å². The first-order valence-electron chi connectivity index (χ1n) is 9.04. The maximum Gasteiger partial charge on any atom is 0.191 e. The third-order valence-corrected chi connectivity index (χ3v) is 6.32. The van der Waals surface area contributed by atoms with E-state index in [0.29, 0.717) is 28.7 Å². The van der Waals surface area contributed by atoms with Gasteiger partial charge in [-0.2, -0.15) is 15.8 Å². The van der Waals surface area contributed by atoms with Crippen LogP contribution in [-0.4, -0.2) is 24.5 Å². The second kappa shape index (κ2) is 7.86. The van der Waals surface area contributed by atoms with Crippen molar-refractivity contribution in [2.75, 3.05) is 19.6 Å². The number of allylic oxidation sites excluding steroid dienone is 2. The van der Waals surface area contributed by atoms with Crippen molar-refractivity contribution in [3.8, 4) is 18.2 Å². The minimum atomic E-state index is -1.65. The topological polar surface area (TPSA) is 101 Å². The van der Waals surface area contributed by atoms with Crippen LogP contribution in [0.15, 0.2) is 41.1 Å². The lowest BCUT2D eigenvalue weighted by molar-refractivity contribution is 0.207. The molecule has 1 aliphatic heterocycles. The Labute approximate surface area is 174 Å². The van der Waals surface area contributed by atoms with E-state index >= 15 is 0 Å². The van der Waals surface area contributed by atoms with Crippen LogP contribution in [0.5, 0.6) is 0 Å². The molecule has 0 radical (unpaired) electrons. The fourth-order valence-electron chi connectivity index (χ4n) is 4.32. The summed E-state index contributed by atoms with van der Waals surface area (Å²) in [6.07, 6.45) is 2.98. The third kappa shape index (κ3) is 3.05. The number of nitriles is 3. The molecular weight excluding hydrogens is 393 g/mol. The largest absolute Gasteiger partial charge is 0.399 e. The molecule has 7 heteroatoms. The fraction of sp³-hybridized carbons (Fsp3) is 0.381. The zero-order valence-electron chi connectivity index (χ0n) is 15.4. The predicted octanol–water partition coefficient (Wildman–Crippen LogP) is 4.13. The summed E-state index contributed by atoms with van der Waals surface area (Å²) in [6, 6.07) is 11.5. The maximum atomic E-state index is 10.1. The van der Waals surface area contributed by atoms with E-state index in [4.69, 9.17) is 28.9 Å². The van der Waals surface area contributed by atoms with E-state index in [1.54, 1.807) is 18.2 Å². The Kier molecular flexibility index (Phi) is 5.69. The first-order valence-corrected chi connectivity index (χ1v) is 9.79. The molecule has 1 aromatic rings. The molecule has 0 aromatic heterocycles. The second-order valence-electron chi connectivity index (χ2n) is 7.11. The van der Waals surface area contributed by atoms with Crippen LogP contribution in [0.4, 0.5) is 0 Å². The molecule has 5 nitrogen and oxygen atoms in total. The summed E-state index contributed by atoms with van der Waals surface area (Å²) in [5.41, 5.74) is 6.42. The van der Waals surface area contributed by atoms with Gasteiger partial charge in [-0.15, -0.1) is 0 Å². The summed E-state index contributed by atoms with van der Waals surface area (Å²) >= 11 is 12.3. The highest BCUT2D eigenvalue weighted by atomic mass is 35.5. The van der Waals surface area contributed by atoms with Gasteiger partial charge in [0.25, 0.3) is 0 Å². The van der Waals surface area contributed by atoms with Gasteiger partial charge in [0.15, 0.2) is 5.41 Å². The first-order chi connectivity index (χ1) is 13.4. The Bertz CT molecular complexity index is 976. The maximum absolute atomic E-state index is 10.1. The van der Waals surface area contributed by atoms with Crippen LogP contribution in [0.2, 0.25) is 10.0 Å². The van der Waals surface area contributed by atoms with Gasteiger partial charge in [0.1, 0.15) is 6.07 Å². The molecule has 0 fully saturated rings. The van der Waals surface area contributed by atoms with Crippen LogP contribution in [0.1, 0.15) is 24.8 Å². The predicted molar refractivity (Wildman–Crippen MR) is 108 cm³/mol. The number of nitrogens with two attached hydrogens (primary N) is 1. The van der Waals surface area contributed by atoms with E-state index in [1.807, 2.05) is 6.08 Å². The van der Waals surface area contributed by atoms with Crippen LogP contribution in [0.25, 0.3) is 0 Å². The zero-order chi connectivity index (χ0) is 20.5. The van der Waals surface area contributed by atoms with Crippen molar-refractivity contribution in [2.24, 2.45) is 17.1 Å². The molecule has 1 aliphatic carbocycles. The molecule has 3 rings (SSSR count). The van der Waals surface area contributed by atoms with Crippen LogP contribution in [0.3, 0.4) is 0 Å². The van der Waals surface area contributed by atoms with Gasteiger partial charge >= 0.3 is 0 Å². The second-order valence-corrected chi connectivity index (χ2v) is 7.92. The fourth-order valence-corrected chi connectivity index (χ4v) is 4.63. The lowest BCUT2D eigenvalue weighted by Crippen LogP contribution is -2.48. The number of halogens is 2. The van der Waals surface area contributed by atoms with Gasteiger partial charge in [0.2, 0.25) is 0 Å². The lowest BCUT2D eigenvalue weighted by Gasteiger charge is -2.45. The van der Waals surface area contributed by atoms with Gasteiger partial charge in [0, 0.05) is 24.9 Å². The SMILES string of the molecule is CCCN1CC=C2C(C#N)=C(N)C(C#N)(C#N)[C@H](c3ccc(Cl)c(Cl)c3)[C@@H]2C1. The summed E-state index contributed by atoms with van der Waals surface area (Å²) in [5.74, 6) is -0.779. The molecule has 0 bridgehead atoms. The van der Waals surface area contributed by atoms with Crippen LogP contribution in [-0.2, 0) is 0 Å². The molecule has 28 heavy (non-hydrogen) atoms. The monoisotopic (exact) mass is 411 g/mol. The minimum absolute atomic E-state index is 0.0162.